The van der Waals surface area contributed by atoms with E-state index in [-0.39, 0.29) is 29.5 Å². The lowest BCUT2D eigenvalue weighted by Crippen LogP contribution is -2.42. The molecule has 1 saturated carbocycles. The van der Waals surface area contributed by atoms with E-state index in [1.807, 2.05) is 0 Å². The number of halogens is 1. The highest BCUT2D eigenvalue weighted by Gasteiger charge is 2.32. The molecule has 0 spiro atoms. The van der Waals surface area contributed by atoms with Crippen LogP contribution in [-0.2, 0) is 0 Å². The highest BCUT2D eigenvalue weighted by molar-refractivity contribution is 9.10. The lowest BCUT2D eigenvalue weighted by Gasteiger charge is -2.19. The van der Waals surface area contributed by atoms with Crippen molar-refractivity contribution in [3.63, 3.8) is 0 Å². The number of amidine groups is 1. The molecule has 98 valence electrons. The average molecular weight is 316 g/mol. The van der Waals surface area contributed by atoms with Gasteiger partial charge in [-0.2, -0.15) is 0 Å². The highest BCUT2D eigenvalue weighted by atomic mass is 79.9. The summed E-state index contributed by atoms with van der Waals surface area (Å²) in [5, 5.41) is 14.6. The summed E-state index contributed by atoms with van der Waals surface area (Å²) in [6, 6.07) is 3.13. The number of nitrogens with zero attached hydrogens (tertiary/aromatic N) is 1. The second kappa shape index (κ2) is 5.43. The SMILES string of the molecule is NC(=NO)C1CCCC1NC(=O)c1ccc(Br)o1. The molecule has 0 aliphatic heterocycles. The van der Waals surface area contributed by atoms with E-state index in [4.69, 9.17) is 15.4 Å². The number of hydrogen-bond donors (Lipinski definition) is 3. The Morgan fingerprint density at radius 1 is 1.56 bits per heavy atom. The van der Waals surface area contributed by atoms with Crippen molar-refractivity contribution in [2.75, 3.05) is 0 Å². The van der Waals surface area contributed by atoms with Gasteiger partial charge in [0.15, 0.2) is 10.4 Å². The maximum atomic E-state index is 11.9. The van der Waals surface area contributed by atoms with Crippen molar-refractivity contribution in [3.8, 4) is 0 Å². The Kier molecular flexibility index (Phi) is 3.90. The molecule has 0 aromatic carbocycles. The van der Waals surface area contributed by atoms with Crippen molar-refractivity contribution >= 4 is 27.7 Å². The molecule has 4 N–H and O–H groups in total. The number of hydrogen-bond acceptors (Lipinski definition) is 4. The lowest BCUT2D eigenvalue weighted by atomic mass is 10.0. The van der Waals surface area contributed by atoms with Crippen molar-refractivity contribution in [1.82, 2.24) is 5.32 Å². The van der Waals surface area contributed by atoms with Crippen LogP contribution in [0.1, 0.15) is 29.8 Å². The number of carbonyl (C=O) groups excluding carboxylic acids is 1. The third-order valence-electron chi connectivity index (χ3n) is 3.12. The van der Waals surface area contributed by atoms with Crippen molar-refractivity contribution in [2.24, 2.45) is 16.8 Å². The number of amides is 1. The Hall–Kier alpha value is -1.50. The van der Waals surface area contributed by atoms with Gasteiger partial charge in [-0.05, 0) is 40.9 Å². The standard InChI is InChI=1S/C11H14BrN3O3/c12-9-5-4-8(18-9)11(16)14-7-3-1-2-6(7)10(13)15-17/h4-7,17H,1-3H2,(H2,13,15)(H,14,16). The molecule has 2 rings (SSSR count). The van der Waals surface area contributed by atoms with Crippen LogP contribution in [0.5, 0.6) is 0 Å². The van der Waals surface area contributed by atoms with Crippen LogP contribution in [0.25, 0.3) is 0 Å². The summed E-state index contributed by atoms with van der Waals surface area (Å²) < 4.78 is 5.68. The first kappa shape index (κ1) is 12.9. The molecule has 2 unspecified atom stereocenters. The Morgan fingerprint density at radius 3 is 2.94 bits per heavy atom. The molecule has 1 amide bonds. The predicted molar refractivity (Wildman–Crippen MR) is 68.4 cm³/mol. The quantitative estimate of drug-likeness (QED) is 0.342. The first-order valence-electron chi connectivity index (χ1n) is 5.65. The summed E-state index contributed by atoms with van der Waals surface area (Å²) in [6.45, 7) is 0. The second-order valence-corrected chi connectivity index (χ2v) is 5.03. The van der Waals surface area contributed by atoms with E-state index in [1.54, 1.807) is 12.1 Å². The number of furan rings is 1. The van der Waals surface area contributed by atoms with Gasteiger partial charge in [-0.1, -0.05) is 11.6 Å². The van der Waals surface area contributed by atoms with E-state index >= 15 is 0 Å². The van der Waals surface area contributed by atoms with E-state index in [1.165, 1.54) is 0 Å². The summed E-state index contributed by atoms with van der Waals surface area (Å²) in [6.07, 6.45) is 2.56. The van der Waals surface area contributed by atoms with Gasteiger partial charge in [0.05, 0.1) is 0 Å². The molecule has 0 bridgehead atoms. The minimum Gasteiger partial charge on any atom is -0.444 e. The van der Waals surface area contributed by atoms with Gasteiger partial charge in [0.1, 0.15) is 5.84 Å². The van der Waals surface area contributed by atoms with Gasteiger partial charge in [-0.15, -0.1) is 0 Å². The van der Waals surface area contributed by atoms with Crippen LogP contribution in [0.3, 0.4) is 0 Å². The molecule has 0 radical (unpaired) electrons. The largest absolute Gasteiger partial charge is 0.444 e. The molecule has 1 aliphatic rings. The zero-order valence-electron chi connectivity index (χ0n) is 9.60. The lowest BCUT2D eigenvalue weighted by molar-refractivity contribution is 0.0904. The van der Waals surface area contributed by atoms with E-state index in [9.17, 15) is 4.79 Å². The number of carbonyl (C=O) groups is 1. The zero-order valence-corrected chi connectivity index (χ0v) is 11.2. The van der Waals surface area contributed by atoms with Crippen molar-refractivity contribution < 1.29 is 14.4 Å². The van der Waals surface area contributed by atoms with Crippen molar-refractivity contribution in [1.29, 1.82) is 0 Å². The molecule has 1 aromatic heterocycles. The van der Waals surface area contributed by atoms with E-state index in [0.29, 0.717) is 4.67 Å². The molecular formula is C11H14BrN3O3. The van der Waals surface area contributed by atoms with Gasteiger partial charge >= 0.3 is 0 Å². The summed E-state index contributed by atoms with van der Waals surface area (Å²) >= 11 is 3.14. The monoisotopic (exact) mass is 315 g/mol. The van der Waals surface area contributed by atoms with Gasteiger partial charge in [0, 0.05) is 12.0 Å². The highest BCUT2D eigenvalue weighted by Crippen LogP contribution is 2.26. The van der Waals surface area contributed by atoms with Crippen LogP contribution in [0.4, 0.5) is 0 Å². The smallest absolute Gasteiger partial charge is 0.287 e. The molecule has 7 heteroatoms. The zero-order chi connectivity index (χ0) is 13.1. The third kappa shape index (κ3) is 2.66. The molecule has 1 heterocycles. The summed E-state index contributed by atoms with van der Waals surface area (Å²) in [7, 11) is 0. The fraction of sp³-hybridized carbons (Fsp3) is 0.455. The Balaban J connectivity index is 2.03. The van der Waals surface area contributed by atoms with Gasteiger partial charge in [0.2, 0.25) is 0 Å². The molecule has 1 aliphatic carbocycles. The van der Waals surface area contributed by atoms with Gasteiger partial charge in [0.25, 0.3) is 5.91 Å². The number of nitrogens with two attached hydrogens (primary N) is 1. The van der Waals surface area contributed by atoms with E-state index in [2.05, 4.69) is 26.4 Å². The Morgan fingerprint density at radius 2 is 2.33 bits per heavy atom. The molecule has 2 atom stereocenters. The Labute approximate surface area is 112 Å². The topological polar surface area (TPSA) is 101 Å². The van der Waals surface area contributed by atoms with Crippen LogP contribution >= 0.6 is 15.9 Å². The minimum atomic E-state index is -0.289. The Bertz CT molecular complexity index is 472. The third-order valence-corrected chi connectivity index (χ3v) is 3.55. The first-order valence-corrected chi connectivity index (χ1v) is 6.44. The van der Waals surface area contributed by atoms with Gasteiger partial charge < -0.3 is 20.7 Å². The van der Waals surface area contributed by atoms with Gasteiger partial charge in [-0.3, -0.25) is 4.79 Å². The average Bonchev–Trinajstić information content (AvgIpc) is 2.97. The molecule has 0 saturated heterocycles. The summed E-state index contributed by atoms with van der Waals surface area (Å²) in [5.41, 5.74) is 5.60. The molecular weight excluding hydrogens is 302 g/mol. The van der Waals surface area contributed by atoms with Crippen molar-refractivity contribution in [3.05, 3.63) is 22.6 Å². The fourth-order valence-corrected chi connectivity index (χ4v) is 2.54. The summed E-state index contributed by atoms with van der Waals surface area (Å²) in [4.78, 5) is 11.9. The van der Waals surface area contributed by atoms with Crippen LogP contribution < -0.4 is 11.1 Å². The minimum absolute atomic E-state index is 0.114. The predicted octanol–water partition coefficient (Wildman–Crippen LogP) is 1.69. The van der Waals surface area contributed by atoms with E-state index < -0.39 is 0 Å². The van der Waals surface area contributed by atoms with Crippen LogP contribution in [-0.4, -0.2) is 23.0 Å². The maximum Gasteiger partial charge on any atom is 0.287 e. The maximum absolute atomic E-state index is 11.9. The number of rotatable bonds is 3. The van der Waals surface area contributed by atoms with Crippen molar-refractivity contribution in [2.45, 2.75) is 25.3 Å². The van der Waals surface area contributed by atoms with Gasteiger partial charge in [-0.25, -0.2) is 0 Å². The molecule has 1 aromatic rings. The normalized spacial score (nSPS) is 24.2. The van der Waals surface area contributed by atoms with Crippen LogP contribution in [0.2, 0.25) is 0 Å². The van der Waals surface area contributed by atoms with Crippen LogP contribution in [0.15, 0.2) is 26.4 Å². The fourth-order valence-electron chi connectivity index (χ4n) is 2.24. The number of oxime groups is 1. The van der Waals surface area contributed by atoms with Crippen LogP contribution in [0, 0.1) is 5.92 Å². The first-order chi connectivity index (χ1) is 8.61. The number of nitrogens with one attached hydrogen (secondary N) is 1. The molecule has 18 heavy (non-hydrogen) atoms. The molecule has 1 fully saturated rings. The second-order valence-electron chi connectivity index (χ2n) is 4.25. The molecule has 6 nitrogen and oxygen atoms in total. The van der Waals surface area contributed by atoms with E-state index in [0.717, 1.165) is 19.3 Å². The summed E-state index contributed by atoms with van der Waals surface area (Å²) in [5.74, 6) is 0.00570.